The summed E-state index contributed by atoms with van der Waals surface area (Å²) in [4.78, 5) is 30.4. The highest BCUT2D eigenvalue weighted by Crippen LogP contribution is 2.35. The summed E-state index contributed by atoms with van der Waals surface area (Å²) < 4.78 is 0. The summed E-state index contributed by atoms with van der Waals surface area (Å²) in [6, 6.07) is 13.5. The zero-order valence-corrected chi connectivity index (χ0v) is 14.1. The molecule has 1 aromatic heterocycles. The number of nitrogens with zero attached hydrogens (tertiary/aromatic N) is 2. The number of carbonyl (C=O) groups is 2. The van der Waals surface area contributed by atoms with Gasteiger partial charge in [-0.25, -0.2) is 0 Å². The van der Waals surface area contributed by atoms with Crippen LogP contribution in [0.1, 0.15) is 23.3 Å². The van der Waals surface area contributed by atoms with Crippen LogP contribution in [0.5, 0.6) is 0 Å². The summed E-state index contributed by atoms with van der Waals surface area (Å²) in [5.74, 6) is -0.331. The van der Waals surface area contributed by atoms with Crippen LogP contribution >= 0.6 is 11.3 Å². The van der Waals surface area contributed by atoms with Crippen LogP contribution in [0, 0.1) is 0 Å². The average molecular weight is 338 g/mol. The van der Waals surface area contributed by atoms with E-state index in [1.54, 1.807) is 0 Å². The third kappa shape index (κ3) is 2.55. The highest BCUT2D eigenvalue weighted by molar-refractivity contribution is 7.11. The second-order valence-corrected chi connectivity index (χ2v) is 7.02. The molecule has 0 saturated carbocycles. The molecule has 1 saturated heterocycles. The molecule has 0 unspecified atom stereocenters. The highest BCUT2D eigenvalue weighted by Gasteiger charge is 2.42. The van der Waals surface area contributed by atoms with Gasteiger partial charge in [0.1, 0.15) is 5.70 Å². The van der Waals surface area contributed by atoms with E-state index in [9.17, 15) is 9.59 Å². The third-order valence-corrected chi connectivity index (χ3v) is 5.40. The van der Waals surface area contributed by atoms with Crippen LogP contribution in [0.3, 0.4) is 0 Å². The lowest BCUT2D eigenvalue weighted by Gasteiger charge is -2.20. The number of hydrogen-bond acceptors (Lipinski definition) is 4. The van der Waals surface area contributed by atoms with Gasteiger partial charge in [0.15, 0.2) is 0 Å². The van der Waals surface area contributed by atoms with E-state index in [2.05, 4.69) is 4.90 Å². The van der Waals surface area contributed by atoms with Crippen LogP contribution < -0.4 is 0 Å². The van der Waals surface area contributed by atoms with Gasteiger partial charge < -0.3 is 4.90 Å². The van der Waals surface area contributed by atoms with Crippen molar-refractivity contribution in [3.05, 3.63) is 64.0 Å². The van der Waals surface area contributed by atoms with Gasteiger partial charge in [0.2, 0.25) is 0 Å². The van der Waals surface area contributed by atoms with E-state index < -0.39 is 0 Å². The van der Waals surface area contributed by atoms with Gasteiger partial charge in [-0.2, -0.15) is 0 Å². The minimum atomic E-state index is -0.173. The number of thiophene rings is 1. The molecule has 0 spiro atoms. The quantitative estimate of drug-likeness (QED) is 0.804. The van der Waals surface area contributed by atoms with Crippen molar-refractivity contribution in [1.29, 1.82) is 0 Å². The zero-order chi connectivity index (χ0) is 16.5. The van der Waals surface area contributed by atoms with Crippen molar-refractivity contribution in [3.8, 4) is 0 Å². The van der Waals surface area contributed by atoms with Gasteiger partial charge in [-0.05, 0) is 29.9 Å². The Hall–Kier alpha value is -2.40. The Kier molecular flexibility index (Phi) is 3.94. The SMILES string of the molecule is O=C1C(c2cccs2)=C(N2CCCC2)C(=O)N1Cc1ccccc1. The molecule has 2 amide bonds. The first-order valence-corrected chi connectivity index (χ1v) is 9.07. The monoisotopic (exact) mass is 338 g/mol. The molecule has 0 N–H and O–H groups in total. The topological polar surface area (TPSA) is 40.6 Å². The molecule has 24 heavy (non-hydrogen) atoms. The first-order chi connectivity index (χ1) is 11.8. The molecule has 2 aliphatic heterocycles. The fourth-order valence-corrected chi connectivity index (χ4v) is 4.11. The predicted molar refractivity (Wildman–Crippen MR) is 94.0 cm³/mol. The summed E-state index contributed by atoms with van der Waals surface area (Å²) in [5.41, 5.74) is 2.14. The number of carbonyl (C=O) groups excluding carboxylic acids is 2. The summed E-state index contributed by atoms with van der Waals surface area (Å²) in [6.45, 7) is 2.02. The molecular formula is C19H18N2O2S. The Morgan fingerprint density at radius 1 is 0.917 bits per heavy atom. The second kappa shape index (κ2) is 6.24. The molecule has 122 valence electrons. The molecule has 1 fully saturated rings. The summed E-state index contributed by atoms with van der Waals surface area (Å²) in [6.07, 6.45) is 2.14. The van der Waals surface area contributed by atoms with Gasteiger partial charge in [-0.3, -0.25) is 14.5 Å². The van der Waals surface area contributed by atoms with E-state index in [4.69, 9.17) is 0 Å². The van der Waals surface area contributed by atoms with Crippen molar-refractivity contribution >= 4 is 28.7 Å². The number of amides is 2. The minimum absolute atomic E-state index is 0.158. The number of benzene rings is 1. The fraction of sp³-hybridized carbons (Fsp3) is 0.263. The molecule has 0 radical (unpaired) electrons. The Labute approximate surface area is 145 Å². The van der Waals surface area contributed by atoms with E-state index in [1.807, 2.05) is 47.8 Å². The first-order valence-electron chi connectivity index (χ1n) is 8.19. The maximum atomic E-state index is 13.0. The number of likely N-dealkylation sites (tertiary alicyclic amines) is 1. The summed E-state index contributed by atoms with van der Waals surface area (Å²) >= 11 is 1.51. The Morgan fingerprint density at radius 2 is 1.67 bits per heavy atom. The van der Waals surface area contributed by atoms with E-state index in [0.29, 0.717) is 17.8 Å². The molecule has 0 aliphatic carbocycles. The molecule has 1 aromatic carbocycles. The molecule has 2 aromatic rings. The molecule has 0 atom stereocenters. The third-order valence-electron chi connectivity index (χ3n) is 4.52. The van der Waals surface area contributed by atoms with E-state index in [0.717, 1.165) is 36.4 Å². The van der Waals surface area contributed by atoms with Crippen LogP contribution in [0.15, 0.2) is 53.5 Å². The van der Waals surface area contributed by atoms with Gasteiger partial charge in [-0.1, -0.05) is 36.4 Å². The van der Waals surface area contributed by atoms with Crippen molar-refractivity contribution in [2.24, 2.45) is 0 Å². The Morgan fingerprint density at radius 3 is 2.33 bits per heavy atom. The van der Waals surface area contributed by atoms with Crippen molar-refractivity contribution in [2.75, 3.05) is 13.1 Å². The number of imide groups is 1. The lowest BCUT2D eigenvalue weighted by molar-refractivity contribution is -0.138. The van der Waals surface area contributed by atoms with Gasteiger partial charge in [0.05, 0.1) is 12.1 Å². The minimum Gasteiger partial charge on any atom is -0.366 e. The molecule has 2 aliphatic rings. The lowest BCUT2D eigenvalue weighted by atomic mass is 10.1. The van der Waals surface area contributed by atoms with E-state index in [1.165, 1.54) is 16.2 Å². The molecular weight excluding hydrogens is 320 g/mol. The van der Waals surface area contributed by atoms with Gasteiger partial charge >= 0.3 is 0 Å². The number of rotatable bonds is 4. The molecule has 4 rings (SSSR count). The van der Waals surface area contributed by atoms with Crippen LogP contribution in [-0.2, 0) is 16.1 Å². The fourth-order valence-electron chi connectivity index (χ4n) is 3.35. The van der Waals surface area contributed by atoms with Crippen LogP contribution in [-0.4, -0.2) is 34.7 Å². The van der Waals surface area contributed by atoms with Gasteiger partial charge in [0.25, 0.3) is 11.8 Å². The highest BCUT2D eigenvalue weighted by atomic mass is 32.1. The molecule has 0 bridgehead atoms. The molecule has 5 heteroatoms. The maximum Gasteiger partial charge on any atom is 0.278 e. The predicted octanol–water partition coefficient (Wildman–Crippen LogP) is 3.12. The Bertz CT molecular complexity index is 790. The largest absolute Gasteiger partial charge is 0.366 e. The van der Waals surface area contributed by atoms with Crippen molar-refractivity contribution in [1.82, 2.24) is 9.80 Å². The maximum absolute atomic E-state index is 13.0. The lowest BCUT2D eigenvalue weighted by Crippen LogP contribution is -2.34. The summed E-state index contributed by atoms with van der Waals surface area (Å²) in [5, 5.41) is 1.95. The molecule has 3 heterocycles. The smallest absolute Gasteiger partial charge is 0.278 e. The Balaban J connectivity index is 1.72. The van der Waals surface area contributed by atoms with E-state index in [-0.39, 0.29) is 11.8 Å². The van der Waals surface area contributed by atoms with Crippen molar-refractivity contribution < 1.29 is 9.59 Å². The molecule has 4 nitrogen and oxygen atoms in total. The number of hydrogen-bond donors (Lipinski definition) is 0. The van der Waals surface area contributed by atoms with Crippen molar-refractivity contribution in [3.63, 3.8) is 0 Å². The standard InChI is InChI=1S/C19H18N2O2S/c22-18-16(15-9-6-12-24-15)17(20-10-4-5-11-20)19(23)21(18)13-14-7-2-1-3-8-14/h1-3,6-9,12H,4-5,10-11,13H2. The van der Waals surface area contributed by atoms with Crippen LogP contribution in [0.25, 0.3) is 5.57 Å². The van der Waals surface area contributed by atoms with Gasteiger partial charge in [0, 0.05) is 18.0 Å². The second-order valence-electron chi connectivity index (χ2n) is 6.08. The van der Waals surface area contributed by atoms with Gasteiger partial charge in [-0.15, -0.1) is 11.3 Å². The first kappa shape index (κ1) is 15.1. The van der Waals surface area contributed by atoms with Crippen LogP contribution in [0.2, 0.25) is 0 Å². The normalized spacial score (nSPS) is 18.2. The average Bonchev–Trinajstić information content (AvgIpc) is 3.33. The zero-order valence-electron chi connectivity index (χ0n) is 13.3. The van der Waals surface area contributed by atoms with E-state index >= 15 is 0 Å². The van der Waals surface area contributed by atoms with Crippen molar-refractivity contribution in [2.45, 2.75) is 19.4 Å². The van der Waals surface area contributed by atoms with Crippen LogP contribution in [0.4, 0.5) is 0 Å². The summed E-state index contributed by atoms with van der Waals surface area (Å²) in [7, 11) is 0.